The van der Waals surface area contributed by atoms with Crippen LogP contribution in [0.4, 0.5) is 10.2 Å². The number of ether oxygens (including phenoxy) is 1. The summed E-state index contributed by atoms with van der Waals surface area (Å²) in [6.45, 7) is 1.51. The Kier molecular flexibility index (Phi) is 4.70. The number of aryl methyl sites for hydroxylation is 1. The molecule has 0 aliphatic heterocycles. The SMILES string of the molecule is Cc1nc2ncnn2c(N)c1Cc1ccc(C#N)c(OCCCF)n1. The molecule has 128 valence electrons. The molecule has 3 aromatic heterocycles. The molecule has 3 aromatic rings. The summed E-state index contributed by atoms with van der Waals surface area (Å²) in [5.41, 5.74) is 8.63. The van der Waals surface area contributed by atoms with E-state index in [-0.39, 0.29) is 18.9 Å². The van der Waals surface area contributed by atoms with E-state index in [1.54, 1.807) is 12.1 Å². The molecular weight excluding hydrogens is 325 g/mol. The maximum Gasteiger partial charge on any atom is 0.254 e. The van der Waals surface area contributed by atoms with Gasteiger partial charge in [-0.2, -0.15) is 19.9 Å². The number of nitrogen functional groups attached to an aromatic ring is 1. The van der Waals surface area contributed by atoms with E-state index < -0.39 is 6.67 Å². The number of halogens is 1. The Balaban J connectivity index is 1.93. The fourth-order valence-corrected chi connectivity index (χ4v) is 2.41. The third-order valence-corrected chi connectivity index (χ3v) is 3.68. The minimum Gasteiger partial charge on any atom is -0.477 e. The topological polar surface area (TPSA) is 115 Å². The van der Waals surface area contributed by atoms with Crippen molar-refractivity contribution in [3.05, 3.63) is 41.0 Å². The molecule has 0 amide bonds. The zero-order valence-electron chi connectivity index (χ0n) is 13.6. The lowest BCUT2D eigenvalue weighted by atomic mass is 10.1. The number of hydrogen-bond acceptors (Lipinski definition) is 7. The van der Waals surface area contributed by atoms with Gasteiger partial charge in [0, 0.05) is 29.8 Å². The Morgan fingerprint density at radius 2 is 2.20 bits per heavy atom. The van der Waals surface area contributed by atoms with E-state index in [1.165, 1.54) is 10.8 Å². The molecule has 0 aliphatic rings. The van der Waals surface area contributed by atoms with E-state index in [0.29, 0.717) is 29.3 Å². The number of anilines is 1. The first kappa shape index (κ1) is 16.6. The number of rotatable bonds is 6. The zero-order valence-corrected chi connectivity index (χ0v) is 13.6. The maximum atomic E-state index is 12.2. The largest absolute Gasteiger partial charge is 0.477 e. The third kappa shape index (κ3) is 3.33. The molecule has 2 N–H and O–H groups in total. The summed E-state index contributed by atoms with van der Waals surface area (Å²) in [7, 11) is 0. The lowest BCUT2D eigenvalue weighted by molar-refractivity contribution is 0.279. The van der Waals surface area contributed by atoms with Crippen molar-refractivity contribution in [2.45, 2.75) is 19.8 Å². The highest BCUT2D eigenvalue weighted by atomic mass is 19.1. The second kappa shape index (κ2) is 7.09. The van der Waals surface area contributed by atoms with Crippen LogP contribution in [0.2, 0.25) is 0 Å². The van der Waals surface area contributed by atoms with Gasteiger partial charge in [0.2, 0.25) is 5.88 Å². The van der Waals surface area contributed by atoms with Crippen molar-refractivity contribution in [3.63, 3.8) is 0 Å². The van der Waals surface area contributed by atoms with Crippen molar-refractivity contribution in [2.24, 2.45) is 0 Å². The molecule has 0 bridgehead atoms. The lowest BCUT2D eigenvalue weighted by Crippen LogP contribution is -2.10. The molecule has 0 aliphatic carbocycles. The monoisotopic (exact) mass is 341 g/mol. The number of hydrogen-bond donors (Lipinski definition) is 1. The quantitative estimate of drug-likeness (QED) is 0.677. The molecule has 25 heavy (non-hydrogen) atoms. The van der Waals surface area contributed by atoms with Gasteiger partial charge in [0.25, 0.3) is 5.78 Å². The van der Waals surface area contributed by atoms with Crippen LogP contribution < -0.4 is 10.5 Å². The standard InChI is InChI=1S/C16H16FN7O/c1-10-13(14(19)24-16(22-10)20-9-21-24)7-12-4-3-11(8-18)15(23-12)25-6-2-5-17/h3-4,9H,2,5-7,19H2,1H3. The lowest BCUT2D eigenvalue weighted by Gasteiger charge is -2.11. The smallest absolute Gasteiger partial charge is 0.254 e. The van der Waals surface area contributed by atoms with Crippen molar-refractivity contribution >= 4 is 11.6 Å². The van der Waals surface area contributed by atoms with Crippen molar-refractivity contribution in [1.29, 1.82) is 5.26 Å². The molecule has 0 spiro atoms. The summed E-state index contributed by atoms with van der Waals surface area (Å²) >= 11 is 0. The highest BCUT2D eigenvalue weighted by Gasteiger charge is 2.14. The number of alkyl halides is 1. The summed E-state index contributed by atoms with van der Waals surface area (Å²) in [6, 6.07) is 5.37. The summed E-state index contributed by atoms with van der Waals surface area (Å²) < 4.78 is 19.1. The van der Waals surface area contributed by atoms with Crippen LogP contribution in [0.3, 0.4) is 0 Å². The average Bonchev–Trinajstić information content (AvgIpc) is 3.07. The molecule has 8 nitrogen and oxygen atoms in total. The fraction of sp³-hybridized carbons (Fsp3) is 0.312. The second-order valence-corrected chi connectivity index (χ2v) is 5.37. The van der Waals surface area contributed by atoms with Crippen molar-refractivity contribution < 1.29 is 9.13 Å². The van der Waals surface area contributed by atoms with Crippen LogP contribution in [0, 0.1) is 18.3 Å². The Morgan fingerprint density at radius 3 is 2.96 bits per heavy atom. The number of nitriles is 1. The molecule has 3 rings (SSSR count). The zero-order chi connectivity index (χ0) is 17.8. The van der Waals surface area contributed by atoms with Gasteiger partial charge < -0.3 is 10.5 Å². The first-order valence-corrected chi connectivity index (χ1v) is 7.67. The van der Waals surface area contributed by atoms with E-state index in [9.17, 15) is 4.39 Å². The van der Waals surface area contributed by atoms with Gasteiger partial charge in [-0.15, -0.1) is 0 Å². The molecule has 0 fully saturated rings. The highest BCUT2D eigenvalue weighted by molar-refractivity contribution is 5.51. The van der Waals surface area contributed by atoms with E-state index in [4.69, 9.17) is 15.7 Å². The van der Waals surface area contributed by atoms with Crippen LogP contribution in [-0.4, -0.2) is 37.8 Å². The summed E-state index contributed by atoms with van der Waals surface area (Å²) in [6.07, 6.45) is 2.03. The average molecular weight is 341 g/mol. The Bertz CT molecular complexity index is 948. The molecule has 0 unspecified atom stereocenters. The van der Waals surface area contributed by atoms with Gasteiger partial charge in [0.15, 0.2) is 0 Å². The molecule has 3 heterocycles. The number of pyridine rings is 1. The molecule has 0 saturated carbocycles. The number of aromatic nitrogens is 5. The normalized spacial score (nSPS) is 10.8. The van der Waals surface area contributed by atoms with E-state index in [0.717, 1.165) is 11.3 Å². The predicted molar refractivity (Wildman–Crippen MR) is 87.8 cm³/mol. The third-order valence-electron chi connectivity index (χ3n) is 3.68. The summed E-state index contributed by atoms with van der Waals surface area (Å²) in [5.74, 6) is 1.06. The van der Waals surface area contributed by atoms with Gasteiger partial charge in [-0.05, 0) is 19.1 Å². The van der Waals surface area contributed by atoms with Crippen LogP contribution in [-0.2, 0) is 6.42 Å². The van der Waals surface area contributed by atoms with Gasteiger partial charge in [-0.1, -0.05) is 0 Å². The maximum absolute atomic E-state index is 12.2. The predicted octanol–water partition coefficient (Wildman–Crippen LogP) is 1.61. The van der Waals surface area contributed by atoms with Gasteiger partial charge in [-0.25, -0.2) is 9.97 Å². The molecule has 0 aromatic carbocycles. The molecule has 0 radical (unpaired) electrons. The highest BCUT2D eigenvalue weighted by Crippen LogP contribution is 2.22. The number of fused-ring (bicyclic) bond motifs is 1. The van der Waals surface area contributed by atoms with Crippen LogP contribution in [0.5, 0.6) is 5.88 Å². The van der Waals surface area contributed by atoms with E-state index in [2.05, 4.69) is 20.1 Å². The van der Waals surface area contributed by atoms with Crippen molar-refractivity contribution in [3.8, 4) is 11.9 Å². The molecule has 0 atom stereocenters. The molecule has 9 heteroatoms. The van der Waals surface area contributed by atoms with Gasteiger partial charge in [0.05, 0.1) is 13.3 Å². The van der Waals surface area contributed by atoms with Crippen LogP contribution in [0.1, 0.15) is 28.9 Å². The van der Waals surface area contributed by atoms with Crippen LogP contribution in [0.15, 0.2) is 18.5 Å². The molecular formula is C16H16FN7O. The Morgan fingerprint density at radius 1 is 1.36 bits per heavy atom. The Labute approximate surface area is 143 Å². The molecule has 0 saturated heterocycles. The van der Waals surface area contributed by atoms with Gasteiger partial charge in [0.1, 0.15) is 23.8 Å². The van der Waals surface area contributed by atoms with Crippen LogP contribution in [0.25, 0.3) is 5.78 Å². The van der Waals surface area contributed by atoms with Crippen LogP contribution >= 0.6 is 0 Å². The second-order valence-electron chi connectivity index (χ2n) is 5.37. The summed E-state index contributed by atoms with van der Waals surface area (Å²) in [5, 5.41) is 13.2. The fourth-order valence-electron chi connectivity index (χ4n) is 2.41. The van der Waals surface area contributed by atoms with E-state index in [1.807, 2.05) is 13.0 Å². The first-order chi connectivity index (χ1) is 12.1. The Hall–Kier alpha value is -3.28. The van der Waals surface area contributed by atoms with Crippen molar-refractivity contribution in [2.75, 3.05) is 19.0 Å². The van der Waals surface area contributed by atoms with Gasteiger partial charge >= 0.3 is 0 Å². The van der Waals surface area contributed by atoms with E-state index >= 15 is 0 Å². The number of nitrogens with two attached hydrogens (primary N) is 1. The van der Waals surface area contributed by atoms with Crippen molar-refractivity contribution in [1.82, 2.24) is 24.6 Å². The number of nitrogens with zero attached hydrogens (tertiary/aromatic N) is 6. The first-order valence-electron chi connectivity index (χ1n) is 7.67. The van der Waals surface area contributed by atoms with Gasteiger partial charge in [-0.3, -0.25) is 4.39 Å². The summed E-state index contributed by atoms with van der Waals surface area (Å²) in [4.78, 5) is 12.8. The minimum atomic E-state index is -0.485. The minimum absolute atomic E-state index is 0.162.